The Labute approximate surface area is 89.0 Å². The summed E-state index contributed by atoms with van der Waals surface area (Å²) in [5, 5.41) is 3.50. The van der Waals surface area contributed by atoms with Gasteiger partial charge in [-0.2, -0.15) is 0 Å². The Bertz CT molecular complexity index is 415. The number of fused-ring (bicyclic) bond motifs is 1. The van der Waals surface area contributed by atoms with Crippen LogP contribution in [0, 0.1) is 0 Å². The first-order valence-electron chi connectivity index (χ1n) is 5.07. The van der Waals surface area contributed by atoms with Crippen molar-refractivity contribution in [2.45, 2.75) is 13.8 Å². The van der Waals surface area contributed by atoms with Gasteiger partial charge in [-0.15, -0.1) is 11.3 Å². The number of nitrogens with zero attached hydrogens (tertiary/aromatic N) is 1. The van der Waals surface area contributed by atoms with Crippen molar-refractivity contribution >= 4 is 27.1 Å². The second-order valence-corrected chi connectivity index (χ2v) is 4.26. The van der Waals surface area contributed by atoms with Crippen molar-refractivity contribution in [2.75, 3.05) is 18.0 Å². The molecule has 0 radical (unpaired) electrons. The first-order valence-corrected chi connectivity index (χ1v) is 5.95. The molecule has 0 N–H and O–H groups in total. The van der Waals surface area contributed by atoms with Gasteiger partial charge in [0.05, 0.1) is 0 Å². The van der Waals surface area contributed by atoms with Gasteiger partial charge in [-0.05, 0) is 42.8 Å². The Morgan fingerprint density at radius 3 is 2.64 bits per heavy atom. The lowest BCUT2D eigenvalue weighted by atomic mass is 10.2. The molecule has 0 aliphatic heterocycles. The molecule has 2 aromatic rings. The Morgan fingerprint density at radius 1 is 1.14 bits per heavy atom. The van der Waals surface area contributed by atoms with E-state index in [2.05, 4.69) is 48.4 Å². The maximum absolute atomic E-state index is 2.37. The number of thiophene rings is 1. The van der Waals surface area contributed by atoms with Crippen LogP contribution in [0.2, 0.25) is 0 Å². The van der Waals surface area contributed by atoms with Crippen molar-refractivity contribution in [1.82, 2.24) is 0 Å². The van der Waals surface area contributed by atoms with Crippen LogP contribution < -0.4 is 4.90 Å². The summed E-state index contributed by atoms with van der Waals surface area (Å²) in [6.45, 7) is 6.55. The molecule has 0 atom stereocenters. The predicted molar refractivity (Wildman–Crippen MR) is 65.4 cm³/mol. The van der Waals surface area contributed by atoms with Gasteiger partial charge in [0.25, 0.3) is 0 Å². The normalized spacial score (nSPS) is 10.7. The summed E-state index contributed by atoms with van der Waals surface area (Å²) in [7, 11) is 0. The van der Waals surface area contributed by atoms with Crippen LogP contribution in [0.5, 0.6) is 0 Å². The van der Waals surface area contributed by atoms with E-state index < -0.39 is 0 Å². The lowest BCUT2D eigenvalue weighted by molar-refractivity contribution is 0.867. The minimum absolute atomic E-state index is 1.08. The van der Waals surface area contributed by atoms with Crippen molar-refractivity contribution in [3.63, 3.8) is 0 Å². The SMILES string of the molecule is CCN(CC)c1ccc2ccsc2c1. The fraction of sp³-hybridized carbons (Fsp3) is 0.333. The Hall–Kier alpha value is -1.02. The van der Waals surface area contributed by atoms with Crippen LogP contribution in [0.3, 0.4) is 0 Å². The molecule has 0 aliphatic carbocycles. The topological polar surface area (TPSA) is 3.24 Å². The minimum atomic E-state index is 1.08. The van der Waals surface area contributed by atoms with Crippen molar-refractivity contribution in [3.8, 4) is 0 Å². The predicted octanol–water partition coefficient (Wildman–Crippen LogP) is 3.75. The summed E-state index contributed by atoms with van der Waals surface area (Å²) in [5.74, 6) is 0. The first-order chi connectivity index (χ1) is 6.85. The fourth-order valence-electron chi connectivity index (χ4n) is 1.73. The van der Waals surface area contributed by atoms with Gasteiger partial charge in [-0.25, -0.2) is 0 Å². The third-order valence-corrected chi connectivity index (χ3v) is 3.45. The van der Waals surface area contributed by atoms with Gasteiger partial charge in [0.15, 0.2) is 0 Å². The van der Waals surface area contributed by atoms with Gasteiger partial charge < -0.3 is 4.90 Å². The molecule has 0 saturated heterocycles. The van der Waals surface area contributed by atoms with E-state index in [0.29, 0.717) is 0 Å². The molecule has 0 spiro atoms. The monoisotopic (exact) mass is 205 g/mol. The van der Waals surface area contributed by atoms with Crippen LogP contribution >= 0.6 is 11.3 Å². The van der Waals surface area contributed by atoms with E-state index in [1.807, 2.05) is 11.3 Å². The zero-order chi connectivity index (χ0) is 9.97. The molecule has 0 fully saturated rings. The Kier molecular flexibility index (Phi) is 2.73. The quantitative estimate of drug-likeness (QED) is 0.737. The van der Waals surface area contributed by atoms with E-state index in [1.54, 1.807) is 0 Å². The van der Waals surface area contributed by atoms with Gasteiger partial charge in [0, 0.05) is 23.5 Å². The Balaban J connectivity index is 2.42. The van der Waals surface area contributed by atoms with Crippen molar-refractivity contribution in [1.29, 1.82) is 0 Å². The fourth-order valence-corrected chi connectivity index (χ4v) is 2.55. The van der Waals surface area contributed by atoms with Gasteiger partial charge in [-0.1, -0.05) is 6.07 Å². The molecule has 1 aromatic carbocycles. The van der Waals surface area contributed by atoms with Gasteiger partial charge >= 0.3 is 0 Å². The number of hydrogen-bond donors (Lipinski definition) is 0. The zero-order valence-corrected chi connectivity index (χ0v) is 9.47. The summed E-state index contributed by atoms with van der Waals surface area (Å²) in [4.78, 5) is 2.37. The van der Waals surface area contributed by atoms with E-state index >= 15 is 0 Å². The number of benzene rings is 1. The summed E-state index contributed by atoms with van der Waals surface area (Å²) >= 11 is 1.81. The molecule has 1 aromatic heterocycles. The molecule has 0 unspecified atom stereocenters. The molecular weight excluding hydrogens is 190 g/mol. The molecule has 1 heterocycles. The lowest BCUT2D eigenvalue weighted by Crippen LogP contribution is -2.21. The minimum Gasteiger partial charge on any atom is -0.372 e. The molecular formula is C12H15NS. The van der Waals surface area contributed by atoms with Crippen LogP contribution in [0.15, 0.2) is 29.6 Å². The number of rotatable bonds is 3. The molecule has 2 rings (SSSR count). The molecule has 74 valence electrons. The highest BCUT2D eigenvalue weighted by molar-refractivity contribution is 7.17. The van der Waals surface area contributed by atoms with Crippen LogP contribution in [-0.2, 0) is 0 Å². The molecule has 14 heavy (non-hydrogen) atoms. The van der Waals surface area contributed by atoms with Crippen LogP contribution in [0.4, 0.5) is 5.69 Å². The van der Waals surface area contributed by atoms with Gasteiger partial charge in [0.2, 0.25) is 0 Å². The summed E-state index contributed by atoms with van der Waals surface area (Å²) in [6, 6.07) is 8.88. The largest absolute Gasteiger partial charge is 0.372 e. The molecule has 1 nitrogen and oxygen atoms in total. The second-order valence-electron chi connectivity index (χ2n) is 3.32. The highest BCUT2D eigenvalue weighted by Crippen LogP contribution is 2.26. The maximum atomic E-state index is 2.37. The Morgan fingerprint density at radius 2 is 1.93 bits per heavy atom. The van der Waals surface area contributed by atoms with Crippen molar-refractivity contribution < 1.29 is 0 Å². The van der Waals surface area contributed by atoms with E-state index in [1.165, 1.54) is 15.8 Å². The second kappa shape index (κ2) is 4.01. The molecule has 0 amide bonds. The third-order valence-electron chi connectivity index (χ3n) is 2.57. The van der Waals surface area contributed by atoms with E-state index in [-0.39, 0.29) is 0 Å². The van der Waals surface area contributed by atoms with E-state index in [4.69, 9.17) is 0 Å². The van der Waals surface area contributed by atoms with Crippen molar-refractivity contribution in [2.24, 2.45) is 0 Å². The molecule has 2 heteroatoms. The molecule has 0 bridgehead atoms. The van der Waals surface area contributed by atoms with Crippen LogP contribution in [0.25, 0.3) is 10.1 Å². The van der Waals surface area contributed by atoms with Crippen LogP contribution in [0.1, 0.15) is 13.8 Å². The van der Waals surface area contributed by atoms with Gasteiger partial charge in [-0.3, -0.25) is 0 Å². The average molecular weight is 205 g/mol. The highest BCUT2D eigenvalue weighted by atomic mass is 32.1. The standard InChI is InChI=1S/C12H15NS/c1-3-13(4-2)11-6-5-10-7-8-14-12(10)9-11/h5-9H,3-4H2,1-2H3. The highest BCUT2D eigenvalue weighted by Gasteiger charge is 2.02. The summed E-state index contributed by atoms with van der Waals surface area (Å²) in [5.41, 5.74) is 1.34. The van der Waals surface area contributed by atoms with Crippen LogP contribution in [-0.4, -0.2) is 13.1 Å². The zero-order valence-electron chi connectivity index (χ0n) is 8.66. The van der Waals surface area contributed by atoms with Gasteiger partial charge in [0.1, 0.15) is 0 Å². The van der Waals surface area contributed by atoms with E-state index in [0.717, 1.165) is 13.1 Å². The average Bonchev–Trinajstić information content (AvgIpc) is 2.66. The van der Waals surface area contributed by atoms with Crippen molar-refractivity contribution in [3.05, 3.63) is 29.6 Å². The third kappa shape index (κ3) is 1.62. The van der Waals surface area contributed by atoms with E-state index in [9.17, 15) is 0 Å². The maximum Gasteiger partial charge on any atom is 0.0380 e. The number of hydrogen-bond acceptors (Lipinski definition) is 2. The molecule has 0 aliphatic rings. The lowest BCUT2D eigenvalue weighted by Gasteiger charge is -2.20. The first kappa shape index (κ1) is 9.53. The molecule has 0 saturated carbocycles. The summed E-state index contributed by atoms with van der Waals surface area (Å²) < 4.78 is 1.38. The number of anilines is 1. The smallest absolute Gasteiger partial charge is 0.0380 e. The summed E-state index contributed by atoms with van der Waals surface area (Å²) in [6.07, 6.45) is 0.